The molecule has 4 nitrogen and oxygen atoms in total. The van der Waals surface area contributed by atoms with Crippen LogP contribution in [0.1, 0.15) is 176 Å². The number of hydrogen-bond acceptors (Lipinski definition) is 2. The number of pyridine rings is 2. The lowest BCUT2D eigenvalue weighted by atomic mass is 9.60. The van der Waals surface area contributed by atoms with E-state index in [1.54, 1.807) is 19.9 Å². The first-order chi connectivity index (χ1) is 26.4. The average molecular weight is 795 g/mol. The van der Waals surface area contributed by atoms with E-state index in [4.69, 9.17) is 9.97 Å². The second-order valence-electron chi connectivity index (χ2n) is 19.5. The highest BCUT2D eigenvalue weighted by atomic mass is 19.4. The van der Waals surface area contributed by atoms with Gasteiger partial charge in [-0.1, -0.05) is 80.1 Å². The molecule has 0 amide bonds. The predicted octanol–water partition coefficient (Wildman–Crippen LogP) is 13.6. The standard InChI is InChI=1S/C47H60F6N4/c1-11-44(17-13-14-18-44)25-31-21-35-41(5,6)36-22-32(26-45(12-2)19-15-16-20-45)24-38(55-36)57-28-34(39(46(48,49)50)40(57)47(51,52)53)43(9,10)42(7,8)33-27-56(30(4)29(33)3)37(23-31)54-35/h21-24,27-28H,11-20,25-26H2,1-10H3. The zero-order valence-corrected chi connectivity index (χ0v) is 35.5. The molecule has 0 N–H and O–H groups in total. The number of hydrogen-bond donors (Lipinski definition) is 0. The highest BCUT2D eigenvalue weighted by Gasteiger charge is 2.54. The number of alkyl halides is 6. The summed E-state index contributed by atoms with van der Waals surface area (Å²) in [5.74, 6) is 0.568. The number of aromatic nitrogens is 4. The van der Waals surface area contributed by atoms with Gasteiger partial charge < -0.3 is 4.57 Å². The van der Waals surface area contributed by atoms with E-state index >= 15 is 26.3 Å². The van der Waals surface area contributed by atoms with Crippen LogP contribution in [0.15, 0.2) is 36.7 Å². The maximum absolute atomic E-state index is 15.5. The second kappa shape index (κ2) is 13.8. The van der Waals surface area contributed by atoms with Crippen LogP contribution in [0.25, 0.3) is 11.6 Å². The molecule has 0 radical (unpaired) electrons. The maximum atomic E-state index is 15.5. The van der Waals surface area contributed by atoms with Crippen molar-refractivity contribution in [3.8, 4) is 11.6 Å². The molecule has 1 aliphatic heterocycles. The first kappa shape index (κ1) is 41.6. The smallest absolute Gasteiger partial charge is 0.305 e. The largest absolute Gasteiger partial charge is 0.432 e. The van der Waals surface area contributed by atoms with Crippen LogP contribution in [0.3, 0.4) is 0 Å². The Hall–Kier alpha value is -3.56. The summed E-state index contributed by atoms with van der Waals surface area (Å²) in [6.45, 7) is 19.3. The number of nitrogens with zero attached hydrogens (tertiary/aromatic N) is 4. The van der Waals surface area contributed by atoms with Gasteiger partial charge in [-0.05, 0) is 129 Å². The van der Waals surface area contributed by atoms with E-state index in [2.05, 4.69) is 26.0 Å². The Bertz CT molecular complexity index is 2160. The normalized spacial score (nSPS) is 20.7. The molecule has 8 bridgehead atoms. The molecule has 5 heterocycles. The third-order valence-electron chi connectivity index (χ3n) is 15.5. The summed E-state index contributed by atoms with van der Waals surface area (Å²) >= 11 is 0. The second-order valence-corrected chi connectivity index (χ2v) is 19.5. The van der Waals surface area contributed by atoms with E-state index in [1.807, 2.05) is 58.4 Å². The Morgan fingerprint density at radius 3 is 1.44 bits per heavy atom. The summed E-state index contributed by atoms with van der Waals surface area (Å²) in [5.41, 5.74) is -1.49. The molecule has 2 saturated carbocycles. The topological polar surface area (TPSA) is 35.6 Å². The molecule has 7 rings (SSSR count). The predicted molar refractivity (Wildman–Crippen MR) is 215 cm³/mol. The zero-order chi connectivity index (χ0) is 41.7. The van der Waals surface area contributed by atoms with Gasteiger partial charge in [-0.3, -0.25) is 4.57 Å². The van der Waals surface area contributed by atoms with Gasteiger partial charge in [0.2, 0.25) is 0 Å². The molecular weight excluding hydrogens is 735 g/mol. The van der Waals surface area contributed by atoms with Gasteiger partial charge in [0.05, 0.1) is 17.0 Å². The molecule has 0 atom stereocenters. The maximum Gasteiger partial charge on any atom is 0.432 e. The fraction of sp³-hybridized carbons (Fsp3) is 0.617. The quantitative estimate of drug-likeness (QED) is 0.182. The van der Waals surface area contributed by atoms with E-state index in [0.29, 0.717) is 16.7 Å². The minimum absolute atomic E-state index is 0.0426. The molecule has 2 fully saturated rings. The van der Waals surface area contributed by atoms with Crippen LogP contribution in [0.5, 0.6) is 0 Å². The minimum Gasteiger partial charge on any atom is -0.305 e. The highest BCUT2D eigenvalue weighted by Crippen LogP contribution is 2.54. The van der Waals surface area contributed by atoms with Crippen LogP contribution in [-0.2, 0) is 41.4 Å². The molecule has 2 aliphatic carbocycles. The third-order valence-corrected chi connectivity index (χ3v) is 15.5. The van der Waals surface area contributed by atoms with Crippen molar-refractivity contribution in [3.63, 3.8) is 0 Å². The average Bonchev–Trinajstić information content (AvgIpc) is 3.94. The number of halogens is 6. The summed E-state index contributed by atoms with van der Waals surface area (Å²) in [6.07, 6.45) is 4.67. The van der Waals surface area contributed by atoms with Gasteiger partial charge >= 0.3 is 12.4 Å². The first-order valence-electron chi connectivity index (χ1n) is 21.0. The van der Waals surface area contributed by atoms with Gasteiger partial charge in [-0.25, -0.2) is 9.97 Å². The van der Waals surface area contributed by atoms with Crippen molar-refractivity contribution in [1.82, 2.24) is 19.1 Å². The third kappa shape index (κ3) is 6.86. The Kier molecular flexibility index (Phi) is 10.0. The fourth-order valence-corrected chi connectivity index (χ4v) is 10.8. The Balaban J connectivity index is 1.61. The molecule has 0 aromatic carbocycles. The highest BCUT2D eigenvalue weighted by molar-refractivity contribution is 5.53. The lowest BCUT2D eigenvalue weighted by molar-refractivity contribution is -0.165. The lowest BCUT2D eigenvalue weighted by Crippen LogP contribution is -2.41. The summed E-state index contributed by atoms with van der Waals surface area (Å²) in [5, 5.41) is 0. The molecule has 57 heavy (non-hydrogen) atoms. The molecule has 0 spiro atoms. The number of fused-ring (bicyclic) bond motifs is 10. The monoisotopic (exact) mass is 794 g/mol. The van der Waals surface area contributed by atoms with Gasteiger partial charge in [-0.2, -0.15) is 26.3 Å². The van der Waals surface area contributed by atoms with Crippen molar-refractivity contribution in [1.29, 1.82) is 0 Å². The van der Waals surface area contributed by atoms with Gasteiger partial charge in [0, 0.05) is 34.3 Å². The Morgan fingerprint density at radius 1 is 0.596 bits per heavy atom. The molecule has 0 saturated heterocycles. The van der Waals surface area contributed by atoms with Gasteiger partial charge in [0.1, 0.15) is 17.3 Å². The van der Waals surface area contributed by atoms with Crippen LogP contribution in [-0.4, -0.2) is 19.1 Å². The van der Waals surface area contributed by atoms with E-state index in [-0.39, 0.29) is 16.6 Å². The van der Waals surface area contributed by atoms with Crippen molar-refractivity contribution >= 4 is 0 Å². The van der Waals surface area contributed by atoms with E-state index in [1.165, 1.54) is 12.8 Å². The van der Waals surface area contributed by atoms with Crippen molar-refractivity contribution in [3.05, 3.63) is 92.8 Å². The van der Waals surface area contributed by atoms with Crippen LogP contribution in [0, 0.1) is 24.7 Å². The molecule has 10 heteroatoms. The van der Waals surface area contributed by atoms with Gasteiger partial charge in [0.15, 0.2) is 0 Å². The Morgan fingerprint density at radius 2 is 1.02 bits per heavy atom. The summed E-state index contributed by atoms with van der Waals surface area (Å²) in [4.78, 5) is 10.3. The Labute approximate surface area is 334 Å². The molecule has 310 valence electrons. The van der Waals surface area contributed by atoms with Crippen molar-refractivity contribution in [2.24, 2.45) is 10.8 Å². The van der Waals surface area contributed by atoms with Crippen LogP contribution < -0.4 is 0 Å². The summed E-state index contributed by atoms with van der Waals surface area (Å²) < 4.78 is 95.5. The zero-order valence-electron chi connectivity index (χ0n) is 35.5. The van der Waals surface area contributed by atoms with E-state index in [9.17, 15) is 0 Å². The van der Waals surface area contributed by atoms with Crippen LogP contribution >= 0.6 is 0 Å². The van der Waals surface area contributed by atoms with Crippen molar-refractivity contribution in [2.75, 3.05) is 0 Å². The SMILES string of the molecule is CCC1(Cc2cc3nc(c2)C(C)(C)c2cc(CC4(CC)CCCC4)cc(n2)-n2cc(c(C(F)(F)F)c2C(F)(F)F)C(C)(C)C(C)(C)c2cn-3c(C)c2C)CCCC1. The van der Waals surface area contributed by atoms with Crippen LogP contribution in [0.2, 0.25) is 0 Å². The fourth-order valence-electron chi connectivity index (χ4n) is 10.8. The minimum atomic E-state index is -5.34. The molecule has 4 aromatic heterocycles. The van der Waals surface area contributed by atoms with Gasteiger partial charge in [-0.15, -0.1) is 0 Å². The molecule has 0 unspecified atom stereocenters. The first-order valence-corrected chi connectivity index (χ1v) is 21.0. The van der Waals surface area contributed by atoms with Crippen molar-refractivity contribution < 1.29 is 26.3 Å². The molecule has 4 aromatic rings. The van der Waals surface area contributed by atoms with Crippen molar-refractivity contribution in [2.45, 2.75) is 175 Å². The summed E-state index contributed by atoms with van der Waals surface area (Å²) in [6, 6.07) is 7.90. The molecular formula is C47H60F6N4. The lowest BCUT2D eigenvalue weighted by Gasteiger charge is -2.43. The summed E-state index contributed by atoms with van der Waals surface area (Å²) in [7, 11) is 0. The van der Waals surface area contributed by atoms with Crippen LogP contribution in [0.4, 0.5) is 26.3 Å². The number of rotatable bonds is 6. The van der Waals surface area contributed by atoms with E-state index in [0.717, 1.165) is 103 Å². The van der Waals surface area contributed by atoms with Gasteiger partial charge in [0.25, 0.3) is 0 Å². The molecule has 3 aliphatic rings. The van der Waals surface area contributed by atoms with E-state index < -0.39 is 45.4 Å².